The number of piperidine rings is 1. The normalized spacial score (nSPS) is 16.4. The lowest BCUT2D eigenvalue weighted by Gasteiger charge is -2.32. The number of fused-ring (bicyclic) bond motifs is 1. The molecule has 1 aliphatic heterocycles. The lowest BCUT2D eigenvalue weighted by Crippen LogP contribution is -2.38. The minimum absolute atomic E-state index is 0.000781. The highest BCUT2D eigenvalue weighted by Crippen LogP contribution is 2.44. The first kappa shape index (κ1) is 21.0. The second-order valence-electron chi connectivity index (χ2n) is 7.38. The van der Waals surface area contributed by atoms with Gasteiger partial charge in [-0.2, -0.15) is 5.10 Å². The van der Waals surface area contributed by atoms with Crippen molar-refractivity contribution in [1.29, 1.82) is 0 Å². The smallest absolute Gasteiger partial charge is 0.245 e. The number of benzene rings is 1. The fourth-order valence-corrected chi connectivity index (χ4v) is 4.68. The van der Waals surface area contributed by atoms with Gasteiger partial charge in [0.25, 0.3) is 0 Å². The highest BCUT2D eigenvalue weighted by atomic mass is 35.5. The van der Waals surface area contributed by atoms with E-state index in [2.05, 4.69) is 16.7 Å². The van der Waals surface area contributed by atoms with Crippen LogP contribution in [0.5, 0.6) is 11.5 Å². The second-order valence-corrected chi connectivity index (χ2v) is 7.76. The van der Waals surface area contributed by atoms with Crippen LogP contribution in [0.15, 0.2) is 37.2 Å². The summed E-state index contributed by atoms with van der Waals surface area (Å²) < 4.78 is 12.6. The van der Waals surface area contributed by atoms with E-state index in [-0.39, 0.29) is 11.8 Å². The fraction of sp³-hybridized carbons (Fsp3) is 0.318. The summed E-state index contributed by atoms with van der Waals surface area (Å²) in [5.74, 6) is 1.42. The zero-order chi connectivity index (χ0) is 22.1. The number of rotatable bonds is 5. The van der Waals surface area contributed by atoms with Gasteiger partial charge in [0.15, 0.2) is 17.3 Å². The molecule has 1 saturated heterocycles. The van der Waals surface area contributed by atoms with Gasteiger partial charge >= 0.3 is 0 Å². The lowest BCUT2D eigenvalue weighted by molar-refractivity contribution is -0.127. The maximum Gasteiger partial charge on any atom is 0.245 e. The number of carbonyl (C=O) groups excluding carboxylic acids is 1. The molecule has 4 rings (SSSR count). The van der Waals surface area contributed by atoms with Crippen LogP contribution >= 0.6 is 11.6 Å². The molecule has 162 valence electrons. The van der Waals surface area contributed by atoms with Crippen LogP contribution in [0, 0.1) is 0 Å². The molecule has 1 amide bonds. The van der Waals surface area contributed by atoms with Crippen LogP contribution in [-0.2, 0) is 4.79 Å². The summed E-state index contributed by atoms with van der Waals surface area (Å²) in [4.78, 5) is 18.2. The van der Waals surface area contributed by atoms with Crippen LogP contribution in [0.3, 0.4) is 0 Å². The van der Waals surface area contributed by atoms with Gasteiger partial charge in [0.05, 0.1) is 24.9 Å². The third kappa shape index (κ3) is 3.57. The van der Waals surface area contributed by atoms with Crippen molar-refractivity contribution < 1.29 is 14.3 Å². The van der Waals surface area contributed by atoms with Crippen molar-refractivity contribution in [3.8, 4) is 22.6 Å². The number of nitrogen functional groups attached to an aromatic ring is 1. The van der Waals surface area contributed by atoms with E-state index in [1.807, 2.05) is 18.2 Å². The van der Waals surface area contributed by atoms with E-state index in [4.69, 9.17) is 26.8 Å². The number of anilines is 1. The summed E-state index contributed by atoms with van der Waals surface area (Å²) in [6.07, 6.45) is 4.49. The Morgan fingerprint density at radius 1 is 1.32 bits per heavy atom. The topological polar surface area (TPSA) is 95.0 Å². The van der Waals surface area contributed by atoms with Gasteiger partial charge in [0.2, 0.25) is 5.91 Å². The zero-order valence-corrected chi connectivity index (χ0v) is 18.2. The van der Waals surface area contributed by atoms with Gasteiger partial charge in [-0.1, -0.05) is 24.2 Å². The second kappa shape index (κ2) is 8.47. The zero-order valence-electron chi connectivity index (χ0n) is 17.5. The molecule has 0 radical (unpaired) electrons. The minimum Gasteiger partial charge on any atom is -0.493 e. The van der Waals surface area contributed by atoms with E-state index in [1.165, 1.54) is 12.4 Å². The Morgan fingerprint density at radius 3 is 2.81 bits per heavy atom. The van der Waals surface area contributed by atoms with Crippen LogP contribution in [0.25, 0.3) is 16.6 Å². The third-order valence-corrected chi connectivity index (χ3v) is 6.08. The van der Waals surface area contributed by atoms with E-state index >= 15 is 0 Å². The van der Waals surface area contributed by atoms with Gasteiger partial charge in [-0.3, -0.25) is 4.79 Å². The molecule has 2 N–H and O–H groups in total. The average Bonchev–Trinajstić information content (AvgIpc) is 3.11. The molecule has 1 fully saturated rings. The first-order valence-electron chi connectivity index (χ1n) is 9.94. The molecule has 0 aliphatic carbocycles. The number of aromatic nitrogens is 3. The first-order valence-corrected chi connectivity index (χ1v) is 10.3. The number of methoxy groups -OCH3 is 2. The standard InChI is InChI=1S/C22H24ClN5O3/c1-4-17(29)27-9-5-6-14(11-27)20-19(23)18(21-22(24)25-12-26-28(20)21)13-7-8-15(30-2)16(10-13)31-3/h4,7-8,10,12,14H,1,5-6,9,11H2,2-3H3,(H2,24,25,26). The van der Waals surface area contributed by atoms with Gasteiger partial charge in [-0.25, -0.2) is 9.50 Å². The largest absolute Gasteiger partial charge is 0.493 e. The van der Waals surface area contributed by atoms with Crippen LogP contribution in [-0.4, -0.2) is 52.7 Å². The summed E-state index contributed by atoms with van der Waals surface area (Å²) in [5, 5.41) is 4.99. The van der Waals surface area contributed by atoms with E-state index < -0.39 is 0 Å². The maximum absolute atomic E-state index is 12.2. The monoisotopic (exact) mass is 441 g/mol. The van der Waals surface area contributed by atoms with Crippen molar-refractivity contribution in [2.24, 2.45) is 0 Å². The van der Waals surface area contributed by atoms with Crippen LogP contribution in [0.1, 0.15) is 24.5 Å². The Bertz CT molecular complexity index is 1160. The quantitative estimate of drug-likeness (QED) is 0.608. The minimum atomic E-state index is -0.0871. The number of amides is 1. The van der Waals surface area contributed by atoms with Gasteiger partial charge in [0, 0.05) is 24.6 Å². The number of hydrogen-bond donors (Lipinski definition) is 1. The van der Waals surface area contributed by atoms with E-state index in [9.17, 15) is 4.79 Å². The highest BCUT2D eigenvalue weighted by molar-refractivity contribution is 6.35. The number of hydrogen-bond acceptors (Lipinski definition) is 6. The van der Waals surface area contributed by atoms with E-state index in [0.29, 0.717) is 40.9 Å². The molecule has 8 nitrogen and oxygen atoms in total. The van der Waals surface area contributed by atoms with Crippen LogP contribution < -0.4 is 15.2 Å². The number of carbonyl (C=O) groups is 1. The van der Waals surface area contributed by atoms with Crippen molar-refractivity contribution in [1.82, 2.24) is 19.5 Å². The van der Waals surface area contributed by atoms with Crippen LogP contribution in [0.2, 0.25) is 5.02 Å². The van der Waals surface area contributed by atoms with E-state index in [1.54, 1.807) is 23.6 Å². The van der Waals surface area contributed by atoms with E-state index in [0.717, 1.165) is 29.7 Å². The average molecular weight is 442 g/mol. The van der Waals surface area contributed by atoms with Crippen molar-refractivity contribution in [2.45, 2.75) is 18.8 Å². The van der Waals surface area contributed by atoms with Gasteiger partial charge in [-0.05, 0) is 36.6 Å². The van der Waals surface area contributed by atoms with Crippen molar-refractivity contribution >= 4 is 28.8 Å². The number of halogens is 1. The summed E-state index contributed by atoms with van der Waals surface area (Å²) in [6, 6.07) is 5.57. The predicted octanol–water partition coefficient (Wildman–Crippen LogP) is 3.54. The Kier molecular flexibility index (Phi) is 5.73. The molecule has 0 bridgehead atoms. The molecular weight excluding hydrogens is 418 g/mol. The molecule has 0 spiro atoms. The fourth-order valence-electron chi connectivity index (χ4n) is 4.25. The molecule has 3 aromatic rings. The molecule has 9 heteroatoms. The number of nitrogens with two attached hydrogens (primary N) is 1. The molecule has 1 unspecified atom stereocenters. The first-order chi connectivity index (χ1) is 15.0. The van der Waals surface area contributed by atoms with Gasteiger partial charge in [-0.15, -0.1) is 0 Å². The molecular formula is C22H24ClN5O3. The molecule has 31 heavy (non-hydrogen) atoms. The Balaban J connectivity index is 1.90. The summed E-state index contributed by atoms with van der Waals surface area (Å²) >= 11 is 6.98. The van der Waals surface area contributed by atoms with Crippen molar-refractivity contribution in [3.63, 3.8) is 0 Å². The lowest BCUT2D eigenvalue weighted by atomic mass is 9.94. The van der Waals surface area contributed by atoms with Crippen molar-refractivity contribution in [3.05, 3.63) is 47.9 Å². The predicted molar refractivity (Wildman–Crippen MR) is 120 cm³/mol. The number of likely N-dealkylation sites (tertiary alicyclic amines) is 1. The summed E-state index contributed by atoms with van der Waals surface area (Å²) in [7, 11) is 3.17. The summed E-state index contributed by atoms with van der Waals surface area (Å²) in [6.45, 7) is 4.84. The Morgan fingerprint density at radius 2 is 2.10 bits per heavy atom. The highest BCUT2D eigenvalue weighted by Gasteiger charge is 2.31. The molecule has 1 aliphatic rings. The molecule has 2 aromatic heterocycles. The number of ether oxygens (including phenoxy) is 2. The Hall–Kier alpha value is -3.26. The molecule has 3 heterocycles. The summed E-state index contributed by atoms with van der Waals surface area (Å²) in [5.41, 5.74) is 9.24. The SMILES string of the molecule is C=CC(=O)N1CCCC(c2c(Cl)c(-c3ccc(OC)c(OC)c3)c3c(N)ncnn23)C1. The van der Waals surface area contributed by atoms with Crippen molar-refractivity contribution in [2.75, 3.05) is 33.0 Å². The molecule has 1 atom stereocenters. The molecule has 1 aromatic carbocycles. The third-order valence-electron chi connectivity index (χ3n) is 5.69. The molecule has 0 saturated carbocycles. The maximum atomic E-state index is 12.2. The Labute approximate surface area is 185 Å². The van der Waals surface area contributed by atoms with Crippen LogP contribution in [0.4, 0.5) is 5.82 Å². The van der Waals surface area contributed by atoms with Gasteiger partial charge in [0.1, 0.15) is 11.8 Å². The van der Waals surface area contributed by atoms with Gasteiger partial charge < -0.3 is 20.1 Å². The number of nitrogens with zero attached hydrogens (tertiary/aromatic N) is 4.